The van der Waals surface area contributed by atoms with E-state index < -0.39 is 10.8 Å². The molecule has 0 bridgehead atoms. The molecule has 0 aromatic heterocycles. The molecule has 0 aliphatic heterocycles. The summed E-state index contributed by atoms with van der Waals surface area (Å²) in [5, 5.41) is 32.1. The minimum atomic E-state index is -0.709. The Hall–Kier alpha value is -3.86. The number of nitro groups is 1. The number of anilines is 1. The monoisotopic (exact) mass is 353 g/mol. The third kappa shape index (κ3) is 4.58. The molecule has 8 heteroatoms. The van der Waals surface area contributed by atoms with Gasteiger partial charge in [0.1, 0.15) is 11.6 Å². The molecule has 26 heavy (non-hydrogen) atoms. The number of hydrogen-bond donors (Lipinski definition) is 2. The number of nitro benzene ring substituents is 1. The van der Waals surface area contributed by atoms with Crippen molar-refractivity contribution in [2.45, 2.75) is 6.92 Å². The number of phenols is 1. The predicted molar refractivity (Wildman–Crippen MR) is 94.6 cm³/mol. The van der Waals surface area contributed by atoms with E-state index in [9.17, 15) is 25.3 Å². The fraction of sp³-hybridized carbons (Fsp3) is 0.111. The number of aromatic hydroxyl groups is 1. The van der Waals surface area contributed by atoms with Crippen molar-refractivity contribution in [2.75, 3.05) is 11.9 Å². The van der Waals surface area contributed by atoms with E-state index in [1.807, 2.05) is 0 Å². The first kappa shape index (κ1) is 18.5. The normalized spacial score (nSPS) is 10.7. The number of hydrogen-bond acceptors (Lipinski definition) is 6. The van der Waals surface area contributed by atoms with Gasteiger partial charge < -0.3 is 15.2 Å². The molecule has 0 unspecified atom stereocenters. The Morgan fingerprint density at radius 1 is 1.38 bits per heavy atom. The fourth-order valence-corrected chi connectivity index (χ4v) is 2.10. The molecule has 2 N–H and O–H groups in total. The number of carbonyl (C=O) groups is 1. The largest absolute Gasteiger partial charge is 0.504 e. The smallest absolute Gasteiger partial charge is 0.271 e. The van der Waals surface area contributed by atoms with Crippen molar-refractivity contribution in [1.82, 2.24) is 0 Å². The highest BCUT2D eigenvalue weighted by Crippen LogP contribution is 2.28. The summed E-state index contributed by atoms with van der Waals surface area (Å²) in [6.07, 6.45) is 1.33. The molecule has 0 aliphatic carbocycles. The van der Waals surface area contributed by atoms with Gasteiger partial charge in [-0.3, -0.25) is 14.9 Å². The summed E-state index contributed by atoms with van der Waals surface area (Å²) in [7, 11) is 0. The molecule has 0 spiro atoms. The van der Waals surface area contributed by atoms with Gasteiger partial charge in [-0.1, -0.05) is 12.1 Å². The summed E-state index contributed by atoms with van der Waals surface area (Å²) in [4.78, 5) is 22.5. The van der Waals surface area contributed by atoms with Gasteiger partial charge >= 0.3 is 0 Å². The number of non-ortho nitro benzene ring substituents is 1. The molecule has 132 valence electrons. The average molecular weight is 353 g/mol. The summed E-state index contributed by atoms with van der Waals surface area (Å²) in [6, 6.07) is 11.6. The summed E-state index contributed by atoms with van der Waals surface area (Å²) in [5.74, 6) is -0.528. The second kappa shape index (κ2) is 8.30. The first-order valence-corrected chi connectivity index (χ1v) is 7.58. The van der Waals surface area contributed by atoms with Crippen LogP contribution < -0.4 is 10.1 Å². The average Bonchev–Trinajstić information content (AvgIpc) is 2.62. The Bertz CT molecular complexity index is 915. The van der Waals surface area contributed by atoms with Crippen LogP contribution in [0.3, 0.4) is 0 Å². The van der Waals surface area contributed by atoms with Crippen molar-refractivity contribution >= 4 is 23.4 Å². The van der Waals surface area contributed by atoms with Gasteiger partial charge in [0.15, 0.2) is 11.5 Å². The number of carbonyl (C=O) groups excluding carboxylic acids is 1. The minimum Gasteiger partial charge on any atom is -0.504 e. The van der Waals surface area contributed by atoms with Crippen molar-refractivity contribution in [1.29, 1.82) is 5.26 Å². The number of amides is 1. The summed E-state index contributed by atoms with van der Waals surface area (Å²) in [5.41, 5.74) is 0.304. The van der Waals surface area contributed by atoms with Crippen LogP contribution in [0.1, 0.15) is 12.5 Å². The van der Waals surface area contributed by atoms with Crippen molar-refractivity contribution in [3.63, 3.8) is 0 Å². The van der Waals surface area contributed by atoms with Gasteiger partial charge in [-0.25, -0.2) is 0 Å². The lowest BCUT2D eigenvalue weighted by atomic mass is 10.1. The van der Waals surface area contributed by atoms with Crippen LogP contribution in [-0.4, -0.2) is 22.5 Å². The number of rotatable bonds is 6. The highest BCUT2D eigenvalue weighted by molar-refractivity contribution is 6.09. The molecular formula is C18H15N3O5. The lowest BCUT2D eigenvalue weighted by Crippen LogP contribution is -2.13. The minimum absolute atomic E-state index is 0.0523. The van der Waals surface area contributed by atoms with E-state index in [0.29, 0.717) is 12.2 Å². The summed E-state index contributed by atoms with van der Waals surface area (Å²) >= 11 is 0. The van der Waals surface area contributed by atoms with Gasteiger partial charge in [-0.05, 0) is 36.8 Å². The number of nitriles is 1. The van der Waals surface area contributed by atoms with E-state index in [1.165, 1.54) is 48.5 Å². The van der Waals surface area contributed by atoms with Gasteiger partial charge in [0.25, 0.3) is 11.6 Å². The molecule has 0 saturated heterocycles. The van der Waals surface area contributed by atoms with Crippen molar-refractivity contribution < 1.29 is 19.6 Å². The lowest BCUT2D eigenvalue weighted by molar-refractivity contribution is -0.384. The maximum Gasteiger partial charge on any atom is 0.271 e. The second-order valence-electron chi connectivity index (χ2n) is 5.09. The molecule has 0 heterocycles. The highest BCUT2D eigenvalue weighted by atomic mass is 16.6. The fourth-order valence-electron chi connectivity index (χ4n) is 2.10. The van der Waals surface area contributed by atoms with E-state index >= 15 is 0 Å². The first-order valence-electron chi connectivity index (χ1n) is 7.58. The molecule has 0 saturated carbocycles. The number of nitrogens with zero attached hydrogens (tertiary/aromatic N) is 2. The molecule has 0 aliphatic rings. The van der Waals surface area contributed by atoms with Gasteiger partial charge in [-0.2, -0.15) is 5.26 Å². The Labute approximate surface area is 149 Å². The third-order valence-corrected chi connectivity index (χ3v) is 3.27. The molecule has 2 rings (SSSR count). The number of nitrogens with one attached hydrogen (secondary N) is 1. The number of phenolic OH excluding ortho intramolecular Hbond substituents is 1. The summed E-state index contributed by atoms with van der Waals surface area (Å²) in [6.45, 7) is 2.11. The Kier molecular flexibility index (Phi) is 5.90. The Morgan fingerprint density at radius 2 is 2.15 bits per heavy atom. The SMILES string of the molecule is CCOc1cc(/C=C(/C#N)C(=O)Nc2cccc([N+](=O)[O-])c2)ccc1O. The summed E-state index contributed by atoms with van der Waals surface area (Å²) < 4.78 is 5.26. The van der Waals surface area contributed by atoms with Gasteiger partial charge in [0.2, 0.25) is 0 Å². The topological polar surface area (TPSA) is 125 Å². The van der Waals surface area contributed by atoms with Crippen molar-refractivity contribution in [3.8, 4) is 17.6 Å². The number of benzene rings is 2. The predicted octanol–water partition coefficient (Wildman–Crippen LogP) is 3.24. The van der Waals surface area contributed by atoms with E-state index in [1.54, 1.807) is 13.0 Å². The maximum atomic E-state index is 12.3. The third-order valence-electron chi connectivity index (χ3n) is 3.27. The van der Waals surface area contributed by atoms with Crippen LogP contribution in [-0.2, 0) is 4.79 Å². The zero-order valence-electron chi connectivity index (χ0n) is 13.8. The van der Waals surface area contributed by atoms with Gasteiger partial charge in [0, 0.05) is 17.8 Å². The van der Waals surface area contributed by atoms with E-state index in [-0.39, 0.29) is 28.4 Å². The molecular weight excluding hydrogens is 338 g/mol. The zero-order valence-corrected chi connectivity index (χ0v) is 13.8. The highest BCUT2D eigenvalue weighted by Gasteiger charge is 2.13. The Balaban J connectivity index is 2.25. The second-order valence-corrected chi connectivity index (χ2v) is 5.09. The van der Waals surface area contributed by atoms with Crippen LogP contribution in [0.15, 0.2) is 48.0 Å². The molecule has 1 amide bonds. The number of ether oxygens (including phenoxy) is 1. The quantitative estimate of drug-likeness (QED) is 0.355. The van der Waals surface area contributed by atoms with Crippen LogP contribution >= 0.6 is 0 Å². The molecule has 0 atom stereocenters. The van der Waals surface area contributed by atoms with Crippen LogP contribution in [0.2, 0.25) is 0 Å². The standard InChI is InChI=1S/C18H15N3O5/c1-2-26-17-9-12(6-7-16(17)22)8-13(11-19)18(23)20-14-4-3-5-15(10-14)21(24)25/h3-10,22H,2H2,1H3,(H,20,23)/b13-8-. The van der Waals surface area contributed by atoms with Crippen molar-refractivity contribution in [2.24, 2.45) is 0 Å². The van der Waals surface area contributed by atoms with Gasteiger partial charge in [-0.15, -0.1) is 0 Å². The van der Waals surface area contributed by atoms with E-state index in [0.717, 1.165) is 0 Å². The van der Waals surface area contributed by atoms with E-state index in [4.69, 9.17) is 4.74 Å². The molecule has 8 nitrogen and oxygen atoms in total. The lowest BCUT2D eigenvalue weighted by Gasteiger charge is -2.07. The van der Waals surface area contributed by atoms with Gasteiger partial charge in [0.05, 0.1) is 11.5 Å². The molecule has 0 fully saturated rings. The molecule has 2 aromatic carbocycles. The van der Waals surface area contributed by atoms with Crippen LogP contribution in [0.4, 0.5) is 11.4 Å². The van der Waals surface area contributed by atoms with E-state index in [2.05, 4.69) is 5.32 Å². The van der Waals surface area contributed by atoms with Crippen molar-refractivity contribution in [3.05, 3.63) is 63.7 Å². The van der Waals surface area contributed by atoms with Crippen LogP contribution in [0.25, 0.3) is 6.08 Å². The maximum absolute atomic E-state index is 12.3. The van der Waals surface area contributed by atoms with Crippen LogP contribution in [0, 0.1) is 21.4 Å². The first-order chi connectivity index (χ1) is 12.4. The molecule has 2 aromatic rings. The Morgan fingerprint density at radius 3 is 2.81 bits per heavy atom. The van der Waals surface area contributed by atoms with Crippen LogP contribution in [0.5, 0.6) is 11.5 Å². The zero-order chi connectivity index (χ0) is 19.1. The molecule has 0 radical (unpaired) electrons.